The van der Waals surface area contributed by atoms with Crippen LogP contribution in [0.25, 0.3) is 5.69 Å². The van der Waals surface area contributed by atoms with E-state index < -0.39 is 11.9 Å². The molecular weight excluding hydrogens is 369 g/mol. The predicted molar refractivity (Wildman–Crippen MR) is 96.1 cm³/mol. The van der Waals surface area contributed by atoms with Crippen LogP contribution in [0, 0.1) is 6.92 Å². The summed E-state index contributed by atoms with van der Waals surface area (Å²) in [6.07, 6.45) is -0.365. The molecule has 0 radical (unpaired) electrons. The number of carbonyl (C=O) groups excluding carboxylic acids is 1. The number of aryl methyl sites for hydroxylation is 2. The molecule has 4 rings (SSSR count). The molecule has 0 fully saturated rings. The molecule has 1 atom stereocenters. The topological polar surface area (TPSA) is 59.8 Å². The maximum atomic E-state index is 12.9. The molecule has 28 heavy (non-hydrogen) atoms. The molecule has 144 valence electrons. The normalized spacial score (nSPS) is 16.1. The van der Waals surface area contributed by atoms with Gasteiger partial charge in [-0.05, 0) is 44.0 Å². The summed E-state index contributed by atoms with van der Waals surface area (Å²) in [4.78, 5) is 15.9. The first-order valence-electron chi connectivity index (χ1n) is 8.81. The Balaban J connectivity index is 1.57. The molecule has 2 aromatic heterocycles. The molecule has 1 amide bonds. The molecule has 8 heteroatoms. The lowest BCUT2D eigenvalue weighted by atomic mass is 10.1. The quantitative estimate of drug-likeness (QED) is 0.740. The minimum absolute atomic E-state index is 0.183. The highest BCUT2D eigenvalue weighted by atomic mass is 19.4. The van der Waals surface area contributed by atoms with Crippen LogP contribution in [0.4, 0.5) is 13.2 Å². The molecular formula is C20H17F3N4O. The molecule has 3 aromatic rings. The molecule has 0 saturated carbocycles. The number of pyridine rings is 1. The van der Waals surface area contributed by atoms with Gasteiger partial charge in [0.1, 0.15) is 5.69 Å². The molecule has 2 heterocycles. The zero-order valence-electron chi connectivity index (χ0n) is 15.0. The Bertz CT molecular complexity index is 1040. The van der Waals surface area contributed by atoms with Crippen molar-refractivity contribution in [3.63, 3.8) is 0 Å². The second-order valence-corrected chi connectivity index (χ2v) is 6.81. The number of alkyl halides is 3. The van der Waals surface area contributed by atoms with E-state index >= 15 is 0 Å². The number of fused-ring (bicyclic) bond motifs is 1. The maximum absolute atomic E-state index is 12.9. The van der Waals surface area contributed by atoms with E-state index in [1.165, 1.54) is 10.7 Å². The van der Waals surface area contributed by atoms with Crippen LogP contribution < -0.4 is 5.32 Å². The number of hydrogen-bond acceptors (Lipinski definition) is 3. The average molecular weight is 386 g/mol. The Morgan fingerprint density at radius 1 is 1.25 bits per heavy atom. The van der Waals surface area contributed by atoms with Gasteiger partial charge in [0.2, 0.25) is 0 Å². The van der Waals surface area contributed by atoms with Gasteiger partial charge in [0.15, 0.2) is 0 Å². The highest BCUT2D eigenvalue weighted by molar-refractivity contribution is 5.94. The standard InChI is InChI=1S/C20H17F3N4O/c1-12-3-2-4-13(9-12)19(28)25-16-5-6-17-15(16)11-27(26-17)14-7-8-24-18(10-14)20(21,22)23/h2-4,7-11,16H,5-6H2,1H3,(H,25,28). The fourth-order valence-corrected chi connectivity index (χ4v) is 3.37. The second-order valence-electron chi connectivity index (χ2n) is 6.81. The van der Waals surface area contributed by atoms with E-state index in [9.17, 15) is 18.0 Å². The molecule has 5 nitrogen and oxygen atoms in total. The first-order valence-corrected chi connectivity index (χ1v) is 8.81. The summed E-state index contributed by atoms with van der Waals surface area (Å²) < 4.78 is 40.1. The zero-order valence-corrected chi connectivity index (χ0v) is 15.0. The van der Waals surface area contributed by atoms with Gasteiger partial charge in [-0.25, -0.2) is 4.68 Å². The van der Waals surface area contributed by atoms with Crippen LogP contribution in [0.3, 0.4) is 0 Å². The van der Waals surface area contributed by atoms with Crippen molar-refractivity contribution in [2.75, 3.05) is 0 Å². The largest absolute Gasteiger partial charge is 0.433 e. The molecule has 1 N–H and O–H groups in total. The number of nitrogens with one attached hydrogen (secondary N) is 1. The summed E-state index contributed by atoms with van der Waals surface area (Å²) in [6.45, 7) is 1.92. The molecule has 1 unspecified atom stereocenters. The van der Waals surface area contributed by atoms with Gasteiger partial charge in [0, 0.05) is 23.5 Å². The first-order chi connectivity index (χ1) is 13.3. The lowest BCUT2D eigenvalue weighted by Gasteiger charge is -2.13. The van der Waals surface area contributed by atoms with Crippen LogP contribution in [0.5, 0.6) is 0 Å². The van der Waals surface area contributed by atoms with Crippen molar-refractivity contribution in [1.29, 1.82) is 0 Å². The van der Waals surface area contributed by atoms with Crippen molar-refractivity contribution in [2.45, 2.75) is 32.0 Å². The molecule has 1 aliphatic carbocycles. The van der Waals surface area contributed by atoms with Gasteiger partial charge in [-0.1, -0.05) is 17.7 Å². The first kappa shape index (κ1) is 18.2. The Labute approximate surface area is 159 Å². The average Bonchev–Trinajstić information content (AvgIpc) is 3.23. The van der Waals surface area contributed by atoms with Crippen molar-refractivity contribution in [1.82, 2.24) is 20.1 Å². The number of aromatic nitrogens is 3. The van der Waals surface area contributed by atoms with Gasteiger partial charge in [0.05, 0.1) is 17.4 Å². The van der Waals surface area contributed by atoms with E-state index in [4.69, 9.17) is 0 Å². The fourth-order valence-electron chi connectivity index (χ4n) is 3.37. The monoisotopic (exact) mass is 386 g/mol. The van der Waals surface area contributed by atoms with Gasteiger partial charge in [0.25, 0.3) is 5.91 Å². The molecule has 0 bridgehead atoms. The summed E-state index contributed by atoms with van der Waals surface area (Å²) in [7, 11) is 0. The van der Waals surface area contributed by atoms with Crippen LogP contribution >= 0.6 is 0 Å². The molecule has 1 aliphatic rings. The molecule has 1 aromatic carbocycles. The number of carbonyl (C=O) groups is 1. The number of rotatable bonds is 3. The van der Waals surface area contributed by atoms with Gasteiger partial charge in [-0.15, -0.1) is 0 Å². The Morgan fingerprint density at radius 3 is 2.82 bits per heavy atom. The van der Waals surface area contributed by atoms with Crippen LogP contribution in [0.2, 0.25) is 0 Å². The minimum atomic E-state index is -4.52. The molecule has 0 spiro atoms. The number of amides is 1. The smallest absolute Gasteiger partial charge is 0.345 e. The lowest BCUT2D eigenvalue weighted by molar-refractivity contribution is -0.141. The number of benzene rings is 1. The fraction of sp³-hybridized carbons (Fsp3) is 0.250. The third-order valence-corrected chi connectivity index (χ3v) is 4.75. The van der Waals surface area contributed by atoms with Crippen molar-refractivity contribution in [3.05, 3.63) is 76.9 Å². The van der Waals surface area contributed by atoms with E-state index in [0.717, 1.165) is 29.1 Å². The molecule has 0 aliphatic heterocycles. The van der Waals surface area contributed by atoms with E-state index in [2.05, 4.69) is 15.4 Å². The SMILES string of the molecule is Cc1cccc(C(=O)NC2CCc3nn(-c4ccnc(C(F)(F)F)c4)cc32)c1. The van der Waals surface area contributed by atoms with Gasteiger partial charge < -0.3 is 5.32 Å². The Hall–Kier alpha value is -3.16. The van der Waals surface area contributed by atoms with Crippen LogP contribution in [-0.2, 0) is 12.6 Å². The number of halogens is 3. The maximum Gasteiger partial charge on any atom is 0.433 e. The minimum Gasteiger partial charge on any atom is -0.345 e. The zero-order chi connectivity index (χ0) is 19.9. The third-order valence-electron chi connectivity index (χ3n) is 4.75. The summed E-state index contributed by atoms with van der Waals surface area (Å²) in [5.41, 5.74) is 2.48. The van der Waals surface area contributed by atoms with Gasteiger partial charge in [-0.2, -0.15) is 18.3 Å². The van der Waals surface area contributed by atoms with Gasteiger partial charge in [-0.3, -0.25) is 9.78 Å². The van der Waals surface area contributed by atoms with Crippen LogP contribution in [0.15, 0.2) is 48.8 Å². The highest BCUT2D eigenvalue weighted by Gasteiger charge is 2.33. The van der Waals surface area contributed by atoms with Crippen LogP contribution in [-0.4, -0.2) is 20.7 Å². The highest BCUT2D eigenvalue weighted by Crippen LogP contribution is 2.32. The second kappa shape index (κ2) is 6.78. The number of nitrogens with zero attached hydrogens (tertiary/aromatic N) is 3. The number of hydrogen-bond donors (Lipinski definition) is 1. The van der Waals surface area contributed by atoms with E-state index in [-0.39, 0.29) is 17.6 Å². The van der Waals surface area contributed by atoms with Gasteiger partial charge >= 0.3 is 6.18 Å². The van der Waals surface area contributed by atoms with Crippen molar-refractivity contribution < 1.29 is 18.0 Å². The Morgan fingerprint density at radius 2 is 2.07 bits per heavy atom. The summed E-state index contributed by atoms with van der Waals surface area (Å²) in [5.74, 6) is -0.183. The van der Waals surface area contributed by atoms with E-state index in [1.807, 2.05) is 25.1 Å². The summed E-state index contributed by atoms with van der Waals surface area (Å²) >= 11 is 0. The summed E-state index contributed by atoms with van der Waals surface area (Å²) in [6, 6.07) is 9.50. The van der Waals surface area contributed by atoms with Crippen molar-refractivity contribution in [2.24, 2.45) is 0 Å². The van der Waals surface area contributed by atoms with E-state index in [0.29, 0.717) is 18.4 Å². The predicted octanol–water partition coefficient (Wildman–Crippen LogP) is 4.01. The summed E-state index contributed by atoms with van der Waals surface area (Å²) in [5, 5.41) is 7.39. The van der Waals surface area contributed by atoms with Crippen LogP contribution in [0.1, 0.15) is 45.3 Å². The Kier molecular flexibility index (Phi) is 4.41. The molecule has 0 saturated heterocycles. The van der Waals surface area contributed by atoms with E-state index in [1.54, 1.807) is 12.3 Å². The lowest BCUT2D eigenvalue weighted by Crippen LogP contribution is -2.27. The third kappa shape index (κ3) is 3.49. The van der Waals surface area contributed by atoms with Crippen molar-refractivity contribution >= 4 is 5.91 Å². The van der Waals surface area contributed by atoms with Crippen molar-refractivity contribution in [3.8, 4) is 5.69 Å².